The quantitative estimate of drug-likeness (QED) is 0.537. The van der Waals surface area contributed by atoms with Gasteiger partial charge in [0.1, 0.15) is 0 Å². The molecule has 1 atom stereocenters. The fourth-order valence-corrected chi connectivity index (χ4v) is 2.77. The molecule has 0 aliphatic rings. The monoisotopic (exact) mass is 215 g/mol. The highest BCUT2D eigenvalue weighted by atomic mass is 31.1. The molecule has 2 aromatic rings. The number of benzene rings is 1. The normalized spacial score (nSPS) is 11.5. The zero-order valence-electron chi connectivity index (χ0n) is 8.09. The maximum absolute atomic E-state index is 4.38. The number of hydrogen-bond acceptors (Lipinski definition) is 1. The summed E-state index contributed by atoms with van der Waals surface area (Å²) < 4.78 is 0. The van der Waals surface area contributed by atoms with Gasteiger partial charge in [0, 0.05) is 6.20 Å². The number of aromatic nitrogens is 1. The van der Waals surface area contributed by atoms with Crippen LogP contribution >= 0.6 is 7.92 Å². The first kappa shape index (κ1) is 11.9. The van der Waals surface area contributed by atoms with Gasteiger partial charge in [-0.1, -0.05) is 36.4 Å². The lowest BCUT2D eigenvalue weighted by molar-refractivity contribution is 1.39. The molecule has 1 unspecified atom stereocenters. The van der Waals surface area contributed by atoms with Crippen molar-refractivity contribution in [3.05, 3.63) is 54.7 Å². The topological polar surface area (TPSA) is 12.9 Å². The van der Waals surface area contributed by atoms with Gasteiger partial charge in [-0.25, -0.2) is 0 Å². The second kappa shape index (κ2) is 5.67. The number of hydrogen-bond donors (Lipinski definition) is 0. The minimum atomic E-state index is -0.282. The van der Waals surface area contributed by atoms with E-state index in [1.165, 1.54) is 10.7 Å². The van der Waals surface area contributed by atoms with E-state index in [2.05, 4.69) is 42.0 Å². The molecule has 0 spiro atoms. The second-order valence-electron chi connectivity index (χ2n) is 3.08. The van der Waals surface area contributed by atoms with Crippen LogP contribution < -0.4 is 10.7 Å². The maximum atomic E-state index is 4.38. The predicted molar refractivity (Wildman–Crippen MR) is 72.7 cm³/mol. The molecule has 0 bridgehead atoms. The molecule has 0 radical (unpaired) electrons. The summed E-state index contributed by atoms with van der Waals surface area (Å²) in [5, 5.41) is 1.38. The Morgan fingerprint density at radius 3 is 2.20 bits per heavy atom. The molecule has 2 rings (SSSR count). The molecule has 0 aliphatic heterocycles. The highest BCUT2D eigenvalue weighted by Gasteiger charge is 2.06. The summed E-state index contributed by atoms with van der Waals surface area (Å²) in [6.07, 6.45) is 1.86. The van der Waals surface area contributed by atoms with Gasteiger partial charge in [0.05, 0.1) is 13.8 Å². The van der Waals surface area contributed by atoms with E-state index in [1.54, 1.807) is 0 Å². The van der Waals surface area contributed by atoms with E-state index in [0.717, 1.165) is 0 Å². The summed E-state index contributed by atoms with van der Waals surface area (Å²) in [5.41, 5.74) is 1.19. The minimum absolute atomic E-state index is 0. The summed E-state index contributed by atoms with van der Waals surface area (Å²) in [7, 11) is -0.282. The fourth-order valence-electron chi connectivity index (χ4n) is 1.34. The largest absolute Gasteiger partial charge is 0.256 e. The first-order valence-electron chi connectivity index (χ1n) is 4.58. The summed E-state index contributed by atoms with van der Waals surface area (Å²) in [4.78, 5) is 4.38. The van der Waals surface area contributed by atoms with Crippen molar-refractivity contribution < 1.29 is 0 Å². The van der Waals surface area contributed by atoms with Crippen LogP contribution in [0.3, 0.4) is 0 Å². The molecule has 0 aliphatic carbocycles. The summed E-state index contributed by atoms with van der Waals surface area (Å²) in [6.45, 7) is 2.24. The van der Waals surface area contributed by atoms with E-state index in [4.69, 9.17) is 0 Å². The van der Waals surface area contributed by atoms with Crippen LogP contribution in [0, 0.1) is 0 Å². The molecule has 0 N–H and O–H groups in total. The maximum Gasteiger partial charge on any atom is 0.0814 e. The average molecular weight is 215 g/mol. The van der Waals surface area contributed by atoms with Crippen LogP contribution in [-0.2, 0) is 0 Å². The molecule has 1 aromatic carbocycles. The van der Waals surface area contributed by atoms with Gasteiger partial charge in [-0.3, -0.25) is 4.98 Å². The van der Waals surface area contributed by atoms with Crippen LogP contribution in [0.5, 0.6) is 0 Å². The molecule has 1 heterocycles. The number of rotatable bonds is 2. The van der Waals surface area contributed by atoms with Crippen molar-refractivity contribution in [2.45, 2.75) is 0 Å². The molecule has 1 nitrogen and oxygen atoms in total. The average Bonchev–Trinajstić information content (AvgIpc) is 2.30. The van der Waals surface area contributed by atoms with E-state index in [9.17, 15) is 0 Å². The molecule has 0 amide bonds. The van der Waals surface area contributed by atoms with Gasteiger partial charge in [-0.05, 0) is 32.0 Å². The zero-order valence-corrected chi connectivity index (χ0v) is 8.99. The van der Waals surface area contributed by atoms with Crippen LogP contribution in [0.1, 0.15) is 0 Å². The molecule has 0 saturated carbocycles. The standard InChI is InChI=1S/C12H12NP.BH3/c1-14(11-7-3-2-4-8-11)12-9-5-6-10-13-12;/h2-10H,1H3;1H3. The number of nitrogens with zero attached hydrogens (tertiary/aromatic N) is 1. The SMILES string of the molecule is B.CP(c1ccccc1)c1ccccn1. The first-order chi connectivity index (χ1) is 6.88. The van der Waals surface area contributed by atoms with Crippen LogP contribution in [0.15, 0.2) is 54.7 Å². The van der Waals surface area contributed by atoms with Crippen molar-refractivity contribution >= 4 is 27.1 Å². The third-order valence-electron chi connectivity index (χ3n) is 2.14. The third kappa shape index (κ3) is 2.90. The predicted octanol–water partition coefficient (Wildman–Crippen LogP) is 0.960. The van der Waals surface area contributed by atoms with E-state index in [1.807, 2.05) is 24.4 Å². The highest BCUT2D eigenvalue weighted by Crippen LogP contribution is 2.26. The first-order valence-corrected chi connectivity index (χ1v) is 6.36. The molecule has 76 valence electrons. The fraction of sp³-hybridized carbons (Fsp3) is 0.0833. The van der Waals surface area contributed by atoms with Crippen molar-refractivity contribution in [3.8, 4) is 0 Å². The molecular weight excluding hydrogens is 200 g/mol. The lowest BCUT2D eigenvalue weighted by Gasteiger charge is -2.10. The summed E-state index contributed by atoms with van der Waals surface area (Å²) >= 11 is 0. The van der Waals surface area contributed by atoms with Crippen molar-refractivity contribution in [1.29, 1.82) is 0 Å². The van der Waals surface area contributed by atoms with Crippen molar-refractivity contribution in [1.82, 2.24) is 4.98 Å². The molecule has 15 heavy (non-hydrogen) atoms. The Labute approximate surface area is 93.9 Å². The van der Waals surface area contributed by atoms with Crippen LogP contribution in [-0.4, -0.2) is 20.1 Å². The van der Waals surface area contributed by atoms with Crippen LogP contribution in [0.25, 0.3) is 0 Å². The van der Waals surface area contributed by atoms with E-state index in [0.29, 0.717) is 0 Å². The van der Waals surface area contributed by atoms with Gasteiger partial charge >= 0.3 is 0 Å². The van der Waals surface area contributed by atoms with Gasteiger partial charge in [0.25, 0.3) is 0 Å². The van der Waals surface area contributed by atoms with E-state index >= 15 is 0 Å². The molecule has 0 saturated heterocycles. The van der Waals surface area contributed by atoms with Gasteiger partial charge in [-0.15, -0.1) is 0 Å². The molecule has 0 fully saturated rings. The number of pyridine rings is 1. The van der Waals surface area contributed by atoms with E-state index < -0.39 is 0 Å². The van der Waals surface area contributed by atoms with Gasteiger partial charge < -0.3 is 0 Å². The minimum Gasteiger partial charge on any atom is -0.256 e. The van der Waals surface area contributed by atoms with Crippen LogP contribution in [0.2, 0.25) is 0 Å². The molecule has 3 heteroatoms. The third-order valence-corrected chi connectivity index (χ3v) is 4.16. The zero-order chi connectivity index (χ0) is 9.80. The Hall–Kier alpha value is -1.14. The van der Waals surface area contributed by atoms with Gasteiger partial charge in [-0.2, -0.15) is 0 Å². The second-order valence-corrected chi connectivity index (χ2v) is 5.18. The Morgan fingerprint density at radius 2 is 1.60 bits per heavy atom. The van der Waals surface area contributed by atoms with Crippen molar-refractivity contribution in [2.24, 2.45) is 0 Å². The Morgan fingerprint density at radius 1 is 0.933 bits per heavy atom. The molecular formula is C12H15BNP. The summed E-state index contributed by atoms with van der Waals surface area (Å²) in [6, 6.07) is 16.6. The van der Waals surface area contributed by atoms with Crippen molar-refractivity contribution in [3.63, 3.8) is 0 Å². The van der Waals surface area contributed by atoms with Gasteiger partial charge in [0.15, 0.2) is 0 Å². The summed E-state index contributed by atoms with van der Waals surface area (Å²) in [5.74, 6) is 0. The Balaban J connectivity index is 0.00000112. The van der Waals surface area contributed by atoms with Gasteiger partial charge in [0.2, 0.25) is 0 Å². The van der Waals surface area contributed by atoms with E-state index in [-0.39, 0.29) is 16.3 Å². The van der Waals surface area contributed by atoms with Crippen LogP contribution in [0.4, 0.5) is 0 Å². The molecule has 1 aromatic heterocycles. The smallest absolute Gasteiger partial charge is 0.0814 e. The highest BCUT2D eigenvalue weighted by molar-refractivity contribution is 7.72. The Kier molecular flexibility index (Phi) is 4.52. The van der Waals surface area contributed by atoms with Crippen molar-refractivity contribution in [2.75, 3.05) is 6.66 Å². The lowest BCUT2D eigenvalue weighted by Crippen LogP contribution is -2.12. The lowest BCUT2D eigenvalue weighted by atomic mass is 10.4. The Bertz CT molecular complexity index is 351.